The van der Waals surface area contributed by atoms with Crippen molar-refractivity contribution in [1.82, 2.24) is 5.32 Å². The molecule has 3 nitrogen and oxygen atoms in total. The molecular weight excluding hydrogens is 250 g/mol. The molecule has 0 radical (unpaired) electrons. The van der Waals surface area contributed by atoms with Crippen LogP contribution in [0.3, 0.4) is 0 Å². The van der Waals surface area contributed by atoms with Crippen LogP contribution < -0.4 is 5.32 Å². The molecule has 0 saturated carbocycles. The fraction of sp³-hybridized carbons (Fsp3) is 0.294. The molecule has 0 aliphatic carbocycles. The van der Waals surface area contributed by atoms with Gasteiger partial charge >= 0.3 is 0 Å². The molecule has 0 saturated heterocycles. The third kappa shape index (κ3) is 3.52. The minimum absolute atomic E-state index is 0.0536. The predicted molar refractivity (Wildman–Crippen MR) is 80.8 cm³/mol. The van der Waals surface area contributed by atoms with Crippen molar-refractivity contribution in [3.05, 3.63) is 59.2 Å². The normalized spacial score (nSPS) is 12.3. The zero-order chi connectivity index (χ0) is 14.5. The van der Waals surface area contributed by atoms with Gasteiger partial charge in [0.1, 0.15) is 11.5 Å². The Balaban J connectivity index is 2.06. The van der Waals surface area contributed by atoms with Gasteiger partial charge < -0.3 is 15.5 Å². The van der Waals surface area contributed by atoms with E-state index in [1.165, 1.54) is 17.2 Å². The first kappa shape index (κ1) is 14.4. The van der Waals surface area contributed by atoms with E-state index < -0.39 is 0 Å². The van der Waals surface area contributed by atoms with Gasteiger partial charge in [-0.2, -0.15) is 0 Å². The highest BCUT2D eigenvalue weighted by Crippen LogP contribution is 2.25. The van der Waals surface area contributed by atoms with Crippen LogP contribution in [-0.4, -0.2) is 10.2 Å². The predicted octanol–water partition coefficient (Wildman–Crippen LogP) is 3.51. The molecule has 0 aliphatic rings. The lowest BCUT2D eigenvalue weighted by atomic mass is 10.0. The molecule has 1 unspecified atom stereocenters. The molecule has 0 bridgehead atoms. The number of phenols is 2. The van der Waals surface area contributed by atoms with E-state index in [0.717, 1.165) is 18.5 Å². The lowest BCUT2D eigenvalue weighted by molar-refractivity contribution is 0.446. The summed E-state index contributed by atoms with van der Waals surface area (Å²) in [6, 6.07) is 13.1. The van der Waals surface area contributed by atoms with Crippen molar-refractivity contribution in [3.8, 4) is 11.5 Å². The highest BCUT2D eigenvalue weighted by molar-refractivity contribution is 5.38. The van der Waals surface area contributed by atoms with Crippen LogP contribution in [0.2, 0.25) is 0 Å². The maximum Gasteiger partial charge on any atom is 0.119 e. The minimum atomic E-state index is 0.0536. The van der Waals surface area contributed by atoms with E-state index in [0.29, 0.717) is 0 Å². The fourth-order valence-corrected chi connectivity index (χ4v) is 2.32. The van der Waals surface area contributed by atoms with Crippen molar-refractivity contribution in [2.75, 3.05) is 0 Å². The Labute approximate surface area is 119 Å². The SMILES string of the molecule is CCc1ccccc1CNC(C)c1cc(O)cc(O)c1. The van der Waals surface area contributed by atoms with Crippen LogP contribution in [0.5, 0.6) is 11.5 Å². The van der Waals surface area contributed by atoms with Crippen LogP contribution in [0.4, 0.5) is 0 Å². The van der Waals surface area contributed by atoms with E-state index in [1.54, 1.807) is 12.1 Å². The lowest BCUT2D eigenvalue weighted by Crippen LogP contribution is -2.18. The second-order valence-corrected chi connectivity index (χ2v) is 5.01. The van der Waals surface area contributed by atoms with Crippen LogP contribution in [0, 0.1) is 0 Å². The van der Waals surface area contributed by atoms with E-state index in [4.69, 9.17) is 0 Å². The molecule has 3 heteroatoms. The topological polar surface area (TPSA) is 52.5 Å². The van der Waals surface area contributed by atoms with E-state index in [9.17, 15) is 10.2 Å². The number of phenolic OH excluding ortho intramolecular Hbond substituents is 2. The van der Waals surface area contributed by atoms with Gasteiger partial charge in [0.15, 0.2) is 0 Å². The molecule has 20 heavy (non-hydrogen) atoms. The molecule has 2 aromatic carbocycles. The molecule has 3 N–H and O–H groups in total. The standard InChI is InChI=1S/C17H21NO2/c1-3-13-6-4-5-7-14(13)11-18-12(2)15-8-16(19)10-17(20)9-15/h4-10,12,18-20H,3,11H2,1-2H3. The van der Waals surface area contributed by atoms with Crippen molar-refractivity contribution >= 4 is 0 Å². The first-order valence-electron chi connectivity index (χ1n) is 6.93. The van der Waals surface area contributed by atoms with Gasteiger partial charge in [-0.3, -0.25) is 0 Å². The average Bonchev–Trinajstić information content (AvgIpc) is 2.44. The Morgan fingerprint density at radius 2 is 1.60 bits per heavy atom. The molecule has 0 fully saturated rings. The highest BCUT2D eigenvalue weighted by atomic mass is 16.3. The molecule has 2 aromatic rings. The van der Waals surface area contributed by atoms with Gasteiger partial charge in [-0.15, -0.1) is 0 Å². The van der Waals surface area contributed by atoms with Crippen molar-refractivity contribution in [1.29, 1.82) is 0 Å². The van der Waals surface area contributed by atoms with Gasteiger partial charge in [0, 0.05) is 18.7 Å². The van der Waals surface area contributed by atoms with Crippen LogP contribution in [-0.2, 0) is 13.0 Å². The van der Waals surface area contributed by atoms with Crippen LogP contribution >= 0.6 is 0 Å². The number of rotatable bonds is 5. The van der Waals surface area contributed by atoms with Gasteiger partial charge in [-0.1, -0.05) is 31.2 Å². The molecular formula is C17H21NO2. The zero-order valence-corrected chi connectivity index (χ0v) is 11.9. The Kier molecular flexibility index (Phi) is 4.64. The van der Waals surface area contributed by atoms with Gasteiger partial charge in [-0.05, 0) is 42.2 Å². The monoisotopic (exact) mass is 271 g/mol. The maximum absolute atomic E-state index is 9.52. The largest absolute Gasteiger partial charge is 0.508 e. The van der Waals surface area contributed by atoms with Gasteiger partial charge in [0.05, 0.1) is 0 Å². The van der Waals surface area contributed by atoms with Crippen LogP contribution in [0.25, 0.3) is 0 Å². The number of benzene rings is 2. The van der Waals surface area contributed by atoms with Gasteiger partial charge in [0.25, 0.3) is 0 Å². The zero-order valence-electron chi connectivity index (χ0n) is 11.9. The molecule has 0 amide bonds. The third-order valence-electron chi connectivity index (χ3n) is 3.52. The van der Waals surface area contributed by atoms with E-state index >= 15 is 0 Å². The number of aryl methyl sites for hydroxylation is 1. The van der Waals surface area contributed by atoms with Crippen molar-refractivity contribution in [2.45, 2.75) is 32.9 Å². The van der Waals surface area contributed by atoms with Crippen molar-refractivity contribution < 1.29 is 10.2 Å². The molecule has 0 spiro atoms. The maximum atomic E-state index is 9.52. The summed E-state index contributed by atoms with van der Waals surface area (Å²) in [7, 11) is 0. The first-order chi connectivity index (χ1) is 9.60. The number of hydrogen-bond acceptors (Lipinski definition) is 3. The number of aromatic hydroxyl groups is 2. The summed E-state index contributed by atoms with van der Waals surface area (Å²) in [6.07, 6.45) is 1.01. The van der Waals surface area contributed by atoms with E-state index in [1.807, 2.05) is 13.0 Å². The Bertz CT molecular complexity index is 561. The number of nitrogens with one attached hydrogen (secondary N) is 1. The van der Waals surface area contributed by atoms with Crippen molar-refractivity contribution in [2.24, 2.45) is 0 Å². The summed E-state index contributed by atoms with van der Waals surface area (Å²) < 4.78 is 0. The first-order valence-corrected chi connectivity index (χ1v) is 6.93. The lowest BCUT2D eigenvalue weighted by Gasteiger charge is -2.16. The summed E-state index contributed by atoms with van der Waals surface area (Å²) in [6.45, 7) is 4.93. The Hall–Kier alpha value is -2.00. The number of hydrogen-bond donors (Lipinski definition) is 3. The second-order valence-electron chi connectivity index (χ2n) is 5.01. The average molecular weight is 271 g/mol. The molecule has 1 atom stereocenters. The molecule has 0 aliphatic heterocycles. The summed E-state index contributed by atoms with van der Waals surface area (Å²) in [5, 5.41) is 22.5. The fourth-order valence-electron chi connectivity index (χ4n) is 2.32. The quantitative estimate of drug-likeness (QED) is 0.780. The van der Waals surface area contributed by atoms with Crippen LogP contribution in [0.1, 0.15) is 36.6 Å². The summed E-state index contributed by atoms with van der Waals surface area (Å²) in [5.74, 6) is 0.171. The molecule has 0 heterocycles. The highest BCUT2D eigenvalue weighted by Gasteiger charge is 2.08. The minimum Gasteiger partial charge on any atom is -0.508 e. The van der Waals surface area contributed by atoms with Gasteiger partial charge in [-0.25, -0.2) is 0 Å². The second kappa shape index (κ2) is 6.44. The summed E-state index contributed by atoms with van der Waals surface area (Å²) in [5.41, 5.74) is 3.49. The third-order valence-corrected chi connectivity index (χ3v) is 3.52. The smallest absolute Gasteiger partial charge is 0.119 e. The molecule has 106 valence electrons. The molecule has 2 rings (SSSR count). The Morgan fingerprint density at radius 1 is 1.00 bits per heavy atom. The van der Waals surface area contributed by atoms with Crippen LogP contribution in [0.15, 0.2) is 42.5 Å². The van der Waals surface area contributed by atoms with Crippen molar-refractivity contribution in [3.63, 3.8) is 0 Å². The molecule has 0 aromatic heterocycles. The van der Waals surface area contributed by atoms with E-state index in [2.05, 4.69) is 30.4 Å². The summed E-state index contributed by atoms with van der Waals surface area (Å²) in [4.78, 5) is 0. The Morgan fingerprint density at radius 3 is 2.20 bits per heavy atom. The van der Waals surface area contributed by atoms with Gasteiger partial charge in [0.2, 0.25) is 0 Å². The summed E-state index contributed by atoms with van der Waals surface area (Å²) >= 11 is 0. The van der Waals surface area contributed by atoms with E-state index in [-0.39, 0.29) is 17.5 Å².